The van der Waals surface area contributed by atoms with Crippen LogP contribution in [-0.4, -0.2) is 25.9 Å². The number of hydrogen-bond acceptors (Lipinski definition) is 12. The summed E-state index contributed by atoms with van der Waals surface area (Å²) in [4.78, 5) is -0.766. The van der Waals surface area contributed by atoms with Crippen LogP contribution in [0.15, 0.2) is 127 Å². The van der Waals surface area contributed by atoms with Gasteiger partial charge in [-0.25, -0.2) is 16.8 Å². The Labute approximate surface area is 332 Å². The molecule has 0 heterocycles. The van der Waals surface area contributed by atoms with E-state index in [9.17, 15) is 25.9 Å². The van der Waals surface area contributed by atoms with Crippen LogP contribution < -0.4 is 70.6 Å². The largest absolute Gasteiger partial charge is 1.00 e. The number of hydrogen-bond donors (Lipinski definition) is 2. The van der Waals surface area contributed by atoms with Crippen molar-refractivity contribution in [2.45, 2.75) is 23.6 Å². The third-order valence-corrected chi connectivity index (χ3v) is 9.50. The molecule has 0 aliphatic heterocycles. The van der Waals surface area contributed by atoms with Crippen LogP contribution in [0.2, 0.25) is 0 Å². The molecule has 0 amide bonds. The van der Waals surface area contributed by atoms with Crippen molar-refractivity contribution in [1.29, 1.82) is 0 Å². The predicted octanol–water partition coefficient (Wildman–Crippen LogP) is 2.09. The SMILES string of the molecule is Cc1cc(-c2ccc(N=Nc3ccc(N)c4ccc(S(=O)(=O)[O-])cc34)c(C)c2)ccc1N=Nc1ccc(N)c2ccc(S(=O)(=O)[O-])cc12.[Na+].[Na+]. The maximum atomic E-state index is 11.6. The second-order valence-corrected chi connectivity index (χ2v) is 13.8. The van der Waals surface area contributed by atoms with E-state index in [0.717, 1.165) is 22.3 Å². The second-order valence-electron chi connectivity index (χ2n) is 11.1. The van der Waals surface area contributed by atoms with E-state index in [1.807, 2.05) is 50.2 Å². The van der Waals surface area contributed by atoms with Gasteiger partial charge in [-0.2, -0.15) is 10.2 Å². The molecular formula is C34H26N6Na2O6S2. The third-order valence-electron chi connectivity index (χ3n) is 7.83. The number of azo groups is 2. The van der Waals surface area contributed by atoms with Crippen molar-refractivity contribution in [3.63, 3.8) is 0 Å². The molecule has 4 N–H and O–H groups in total. The Morgan fingerprint density at radius 2 is 0.800 bits per heavy atom. The predicted molar refractivity (Wildman–Crippen MR) is 182 cm³/mol. The molecule has 0 fully saturated rings. The first-order valence-electron chi connectivity index (χ1n) is 14.3. The van der Waals surface area contributed by atoms with Gasteiger partial charge in [0.1, 0.15) is 20.2 Å². The van der Waals surface area contributed by atoms with Gasteiger partial charge in [-0.1, -0.05) is 24.3 Å². The van der Waals surface area contributed by atoms with Crippen LogP contribution in [0.5, 0.6) is 0 Å². The van der Waals surface area contributed by atoms with E-state index < -0.39 is 20.2 Å². The van der Waals surface area contributed by atoms with E-state index in [1.54, 1.807) is 24.3 Å². The van der Waals surface area contributed by atoms with Crippen LogP contribution in [-0.2, 0) is 20.2 Å². The summed E-state index contributed by atoms with van der Waals surface area (Å²) in [5.41, 5.74) is 18.3. The van der Waals surface area contributed by atoms with E-state index in [0.29, 0.717) is 55.7 Å². The Morgan fingerprint density at radius 3 is 1.14 bits per heavy atom. The molecule has 0 unspecified atom stereocenters. The van der Waals surface area contributed by atoms with Crippen LogP contribution in [0.25, 0.3) is 32.7 Å². The average molecular weight is 725 g/mol. The minimum Gasteiger partial charge on any atom is -0.744 e. The van der Waals surface area contributed by atoms with Crippen molar-refractivity contribution >= 4 is 75.9 Å². The number of anilines is 2. The van der Waals surface area contributed by atoms with Crippen molar-refractivity contribution in [2.24, 2.45) is 20.5 Å². The van der Waals surface area contributed by atoms with E-state index in [1.165, 1.54) is 36.4 Å². The van der Waals surface area contributed by atoms with Crippen molar-refractivity contribution in [1.82, 2.24) is 0 Å². The molecule has 0 saturated carbocycles. The fourth-order valence-electron chi connectivity index (χ4n) is 5.27. The Kier molecular flexibility index (Phi) is 12.1. The molecule has 0 aliphatic rings. The molecule has 6 rings (SSSR count). The Bertz CT molecular complexity index is 2400. The van der Waals surface area contributed by atoms with E-state index in [2.05, 4.69) is 20.5 Å². The number of aryl methyl sites for hydroxylation is 2. The molecule has 242 valence electrons. The van der Waals surface area contributed by atoms with Gasteiger partial charge in [0.05, 0.1) is 32.5 Å². The summed E-state index contributed by atoms with van der Waals surface area (Å²) in [7, 11) is -9.35. The van der Waals surface area contributed by atoms with Crippen LogP contribution >= 0.6 is 0 Å². The maximum Gasteiger partial charge on any atom is 1.00 e. The van der Waals surface area contributed by atoms with Gasteiger partial charge >= 0.3 is 59.1 Å². The zero-order valence-corrected chi connectivity index (χ0v) is 33.1. The van der Waals surface area contributed by atoms with Crippen LogP contribution in [0.3, 0.4) is 0 Å². The first kappa shape index (κ1) is 39.2. The summed E-state index contributed by atoms with van der Waals surface area (Å²) in [5.74, 6) is 0. The van der Waals surface area contributed by atoms with Gasteiger partial charge in [0.2, 0.25) is 0 Å². The van der Waals surface area contributed by atoms with Crippen LogP contribution in [0.1, 0.15) is 11.1 Å². The molecule has 16 heteroatoms. The van der Waals surface area contributed by atoms with Gasteiger partial charge in [-0.05, 0) is 109 Å². The number of rotatable bonds is 7. The van der Waals surface area contributed by atoms with Gasteiger partial charge < -0.3 is 20.6 Å². The summed E-state index contributed by atoms with van der Waals surface area (Å²) in [6, 6.07) is 25.7. The van der Waals surface area contributed by atoms with Crippen molar-refractivity contribution in [2.75, 3.05) is 11.5 Å². The zero-order chi connectivity index (χ0) is 34.4. The van der Waals surface area contributed by atoms with Gasteiger partial charge in [0, 0.05) is 32.9 Å². The monoisotopic (exact) mass is 724 g/mol. The minimum atomic E-state index is -4.67. The summed E-state index contributed by atoms with van der Waals surface area (Å²) in [6.07, 6.45) is 0. The number of benzene rings is 6. The minimum absolute atomic E-state index is 0. The van der Waals surface area contributed by atoms with Crippen molar-refractivity contribution in [3.05, 3.63) is 108 Å². The Hall–Kier alpha value is -3.54. The smallest absolute Gasteiger partial charge is 0.744 e. The summed E-state index contributed by atoms with van der Waals surface area (Å²) < 4.78 is 69.5. The van der Waals surface area contributed by atoms with Gasteiger partial charge in [0.25, 0.3) is 0 Å². The molecule has 6 aromatic carbocycles. The molecule has 50 heavy (non-hydrogen) atoms. The van der Waals surface area contributed by atoms with E-state index >= 15 is 0 Å². The Balaban J connectivity index is 0.00000281. The van der Waals surface area contributed by atoms with Crippen LogP contribution in [0, 0.1) is 13.8 Å². The Morgan fingerprint density at radius 1 is 0.460 bits per heavy atom. The molecule has 0 aromatic heterocycles. The fraction of sp³-hybridized carbons (Fsp3) is 0.0588. The molecule has 12 nitrogen and oxygen atoms in total. The number of nitrogen functional groups attached to an aromatic ring is 2. The van der Waals surface area contributed by atoms with Gasteiger partial charge in [-0.3, -0.25) is 0 Å². The van der Waals surface area contributed by atoms with Crippen molar-refractivity contribution in [3.8, 4) is 11.1 Å². The van der Waals surface area contributed by atoms with Gasteiger partial charge in [-0.15, -0.1) is 10.2 Å². The first-order valence-corrected chi connectivity index (χ1v) is 17.1. The second kappa shape index (κ2) is 15.4. The molecule has 0 saturated heterocycles. The van der Waals surface area contributed by atoms with Crippen molar-refractivity contribution < 1.29 is 85.1 Å². The first-order chi connectivity index (χ1) is 22.7. The van der Waals surface area contributed by atoms with E-state index in [-0.39, 0.29) is 68.9 Å². The maximum absolute atomic E-state index is 11.6. The molecule has 0 atom stereocenters. The molecule has 0 bridgehead atoms. The summed E-state index contributed by atoms with van der Waals surface area (Å²) in [6.45, 7) is 3.77. The average Bonchev–Trinajstić information content (AvgIpc) is 3.04. The molecular weight excluding hydrogens is 699 g/mol. The van der Waals surface area contributed by atoms with E-state index in [4.69, 9.17) is 11.5 Å². The fourth-order valence-corrected chi connectivity index (χ4v) is 6.26. The molecule has 6 aromatic rings. The molecule has 0 spiro atoms. The standard InChI is InChI=1S/C34H28N6O6S2.2Na/c1-19-15-21(3-11-31(19)37-39-33-13-9-29(35)25-7-5-23(17-27(25)33)47(41,42)43)22-4-12-32(20(2)16-22)38-40-34-14-10-30(36)26-8-6-24(18-28(26)34)48(44,45)46;;/h3-18H,35-36H2,1-2H3,(H,41,42,43)(H,44,45,46);;/q;2*+1/p-2. The summed E-state index contributed by atoms with van der Waals surface area (Å²) >= 11 is 0. The summed E-state index contributed by atoms with van der Waals surface area (Å²) in [5, 5.41) is 19.3. The molecule has 0 aliphatic carbocycles. The van der Waals surface area contributed by atoms with Gasteiger partial charge in [0.15, 0.2) is 0 Å². The zero-order valence-electron chi connectivity index (χ0n) is 27.4. The van der Waals surface area contributed by atoms with Crippen LogP contribution in [0.4, 0.5) is 34.1 Å². The topological polar surface area (TPSA) is 216 Å². The quantitative estimate of drug-likeness (QED) is 0.107. The number of nitrogens with zero attached hydrogens (tertiary/aromatic N) is 4. The number of fused-ring (bicyclic) bond motifs is 2. The molecule has 0 radical (unpaired) electrons. The normalized spacial score (nSPS) is 12.0. The number of nitrogens with two attached hydrogens (primary N) is 2. The third kappa shape index (κ3) is 8.32.